The first-order valence-corrected chi connectivity index (χ1v) is 38.2. The van der Waals surface area contributed by atoms with Crippen molar-refractivity contribution in [1.82, 2.24) is 10.5 Å². The molecule has 0 radical (unpaired) electrons. The smallest absolute Gasteiger partial charge is 0.283 e. The highest BCUT2D eigenvalue weighted by Crippen LogP contribution is 2.48. The van der Waals surface area contributed by atoms with Crippen molar-refractivity contribution >= 4 is 131 Å². The fourth-order valence-corrected chi connectivity index (χ4v) is 14.9. The van der Waals surface area contributed by atoms with Gasteiger partial charge < -0.3 is 23.8 Å². The highest BCUT2D eigenvalue weighted by molar-refractivity contribution is 8.03. The summed E-state index contributed by atoms with van der Waals surface area (Å²) in [5.41, 5.74) is 9.11. The van der Waals surface area contributed by atoms with E-state index in [1.165, 1.54) is 45.4 Å². The number of nitrogens with zero attached hydrogens (tertiary/aromatic N) is 4. The molecule has 92 heavy (non-hydrogen) atoms. The molecule has 0 amide bonds. The molecule has 0 spiro atoms. The van der Waals surface area contributed by atoms with Crippen LogP contribution in [0.5, 0.6) is 11.5 Å². The van der Waals surface area contributed by atoms with Crippen LogP contribution in [0.4, 0.5) is 11.4 Å². The number of aromatic nitrogens is 2. The van der Waals surface area contributed by atoms with Gasteiger partial charge in [0.25, 0.3) is 35.4 Å². The first kappa shape index (κ1) is 73.0. The van der Waals surface area contributed by atoms with Crippen LogP contribution in [-0.2, 0) is 57.1 Å². The molecule has 2 aliphatic heterocycles. The summed E-state index contributed by atoms with van der Waals surface area (Å²) in [4.78, 5) is 8.07. The Balaban J connectivity index is 0.000000233. The first-order valence-electron chi connectivity index (χ1n) is 29.4. The van der Waals surface area contributed by atoms with Gasteiger partial charge in [0.2, 0.25) is 17.3 Å². The molecule has 2 aromatic heterocycles. The first-order chi connectivity index (χ1) is 43.8. The lowest BCUT2D eigenvalue weighted by molar-refractivity contribution is -0.649. The molecular weight excluding hydrogens is 1340 g/mol. The Morgan fingerprint density at radius 2 is 1.45 bits per heavy atom. The van der Waals surface area contributed by atoms with E-state index in [-0.39, 0.29) is 11.5 Å². The zero-order valence-electron chi connectivity index (χ0n) is 51.3. The molecule has 0 unspecified atom stereocenters. The van der Waals surface area contributed by atoms with Crippen LogP contribution in [0.3, 0.4) is 0 Å². The monoisotopic (exact) mass is 1410 g/mol. The molecule has 10 rings (SSSR count). The normalized spacial score (nSPS) is 14.0. The number of allylic oxidation sites excluding steroid dienone is 2. The molecule has 6 aromatic carbocycles. The second-order valence-corrected chi connectivity index (χ2v) is 30.0. The van der Waals surface area contributed by atoms with Crippen molar-refractivity contribution in [2.45, 2.75) is 89.8 Å². The van der Waals surface area contributed by atoms with Gasteiger partial charge in [-0.2, -0.15) is 39.6 Å². The number of anilines is 2. The van der Waals surface area contributed by atoms with Crippen molar-refractivity contribution < 1.29 is 65.7 Å². The van der Waals surface area contributed by atoms with E-state index in [0.717, 1.165) is 59.6 Å². The van der Waals surface area contributed by atoms with Gasteiger partial charge in [0, 0.05) is 58.6 Å². The number of rotatable bonds is 24. The molecule has 27 heteroatoms. The second kappa shape index (κ2) is 34.1. The lowest BCUT2D eigenvalue weighted by Gasteiger charge is -2.20. The zero-order chi connectivity index (χ0) is 66.6. The van der Waals surface area contributed by atoms with Crippen LogP contribution in [0.25, 0.3) is 44.3 Å². The van der Waals surface area contributed by atoms with Gasteiger partial charge in [-0.1, -0.05) is 148 Å². The van der Waals surface area contributed by atoms with E-state index in [9.17, 15) is 47.3 Å². The third kappa shape index (κ3) is 22.1. The number of aryl methyl sites for hydroxylation is 1. The summed E-state index contributed by atoms with van der Waals surface area (Å²) in [5, 5.41) is 3.87. The maximum atomic E-state index is 12.2. The summed E-state index contributed by atoms with van der Waals surface area (Å²) in [6.45, 7) is 8.89. The predicted molar refractivity (Wildman–Crippen MR) is 370 cm³/mol. The number of thioether (sulfide) groups is 1. The van der Waals surface area contributed by atoms with Crippen molar-refractivity contribution in [3.8, 4) is 22.6 Å². The summed E-state index contributed by atoms with van der Waals surface area (Å²) in [6.07, 6.45) is 14.5. The third-order valence-electron chi connectivity index (χ3n) is 14.0. The van der Waals surface area contributed by atoms with Gasteiger partial charge >= 0.3 is 0 Å². The number of fused-ring (bicyclic) bond motifs is 4. The van der Waals surface area contributed by atoms with Crippen molar-refractivity contribution in [2.24, 2.45) is 0 Å². The van der Waals surface area contributed by atoms with Crippen LogP contribution in [0.1, 0.15) is 88.8 Å². The van der Waals surface area contributed by atoms with E-state index < -0.39 is 52.2 Å². The predicted octanol–water partition coefficient (Wildman–Crippen LogP) is 14.6. The number of methoxy groups -OCH3 is 1. The SMILES string of the molecule is CCC(=C/c1sc2ccc(Cl)cc2[n+]1CS(=O)(=O)[O-])/C=C1/Sc2ccc(Cl)cc2N1CS(=O)(=O)O.CCCC.CCNOS(=O)(=O)CCCCN1/C(=C/c2ccc3cc(OC)ccc3c2CCCCS(=O)(=O)O)Oc2ccc(-c3ccccc3)cc21.c1ccncc1. The summed E-state index contributed by atoms with van der Waals surface area (Å²) in [7, 11) is -15.1. The van der Waals surface area contributed by atoms with Crippen LogP contribution in [-0.4, -0.2) is 89.9 Å². The van der Waals surface area contributed by atoms with E-state index in [0.29, 0.717) is 94.5 Å². The van der Waals surface area contributed by atoms with Gasteiger partial charge in [0.05, 0.1) is 35.0 Å². The molecular formula is C65H73Cl2N5O14S6. The number of thiazole rings is 1. The van der Waals surface area contributed by atoms with E-state index >= 15 is 0 Å². The Morgan fingerprint density at radius 3 is 2.09 bits per heavy atom. The number of benzene rings is 6. The van der Waals surface area contributed by atoms with E-state index in [4.69, 9.17) is 37.0 Å². The van der Waals surface area contributed by atoms with Gasteiger partial charge in [-0.25, -0.2) is 8.42 Å². The Labute approximate surface area is 557 Å². The zero-order valence-corrected chi connectivity index (χ0v) is 57.7. The molecule has 4 heterocycles. The van der Waals surface area contributed by atoms with Crippen LogP contribution < -0.4 is 29.3 Å². The largest absolute Gasteiger partial charge is 0.743 e. The number of hydrogen-bond donors (Lipinski definition) is 3. The Hall–Kier alpha value is -6.43. The molecule has 0 saturated carbocycles. The number of pyridine rings is 1. The van der Waals surface area contributed by atoms with Gasteiger partial charge in [-0.05, 0) is 150 Å². The van der Waals surface area contributed by atoms with Crippen LogP contribution in [0, 0.1) is 0 Å². The van der Waals surface area contributed by atoms with Crippen molar-refractivity contribution in [1.29, 1.82) is 0 Å². The fourth-order valence-electron chi connectivity index (χ4n) is 9.46. The van der Waals surface area contributed by atoms with Crippen molar-refractivity contribution in [2.75, 3.05) is 47.4 Å². The molecule has 3 N–H and O–H groups in total. The lowest BCUT2D eigenvalue weighted by Crippen LogP contribution is -2.39. The van der Waals surface area contributed by atoms with Crippen LogP contribution in [0.15, 0.2) is 173 Å². The summed E-state index contributed by atoms with van der Waals surface area (Å²) in [5.74, 6) is 0.184. The molecule has 0 saturated heterocycles. The fraction of sp³-hybridized carbons (Fsp3) is 0.292. The standard InChI is InChI=1S/C35H40N2O8S2.C21H18Cl2N2O6S4.C5H5N.C4H10/c1-3-36-45-47(41,42)22-10-8-20-37-33-24-27(26-11-5-4-6-12-26)16-19-34(33)44-35(37)25-29-15-14-28-23-30(43-2)17-18-32(28)31(29)13-7-9-21-46(38,39)40;1-2-13(7-20-24(11-34(26,27)28)16-9-14(22)3-5-18(16)32-20)8-21-25(12-35(29,30)31)17-10-15(23)4-6-19(17)33-21;1-2-4-6-5-3-1;1-3-4-2/h4-6,11-12,14-19,23-25,36H,3,7-10,13,20-22H2,1-2H3,(H,38,39,40);3-10H,2,11-12H2,1H3,(H-,26,27,28,29,30,31);1-5H;3-4H2,1-2H3/b35-25-;;;. The van der Waals surface area contributed by atoms with Crippen LogP contribution in [0.2, 0.25) is 10.0 Å². The van der Waals surface area contributed by atoms with Gasteiger partial charge in [0.1, 0.15) is 10.4 Å². The number of hydrogen-bond acceptors (Lipinski definition) is 18. The molecule has 0 aliphatic carbocycles. The number of unbranched alkanes of at least 4 members (excludes halogenated alkanes) is 3. The maximum Gasteiger partial charge on any atom is 0.283 e. The minimum atomic E-state index is -4.60. The van der Waals surface area contributed by atoms with Crippen molar-refractivity contribution in [3.63, 3.8) is 0 Å². The number of hydroxylamine groups is 1. The van der Waals surface area contributed by atoms with E-state index in [1.807, 2.05) is 104 Å². The Kier molecular flexibility index (Phi) is 27.1. The minimum Gasteiger partial charge on any atom is -0.743 e. The van der Waals surface area contributed by atoms with Gasteiger partial charge in [0.15, 0.2) is 21.7 Å². The molecule has 0 fully saturated rings. The topological polar surface area (TPSA) is 263 Å². The van der Waals surface area contributed by atoms with E-state index in [1.54, 1.807) is 75.0 Å². The maximum absolute atomic E-state index is 12.2. The number of nitrogens with one attached hydrogen (secondary N) is 1. The summed E-state index contributed by atoms with van der Waals surface area (Å²) < 4.78 is 143. The summed E-state index contributed by atoms with van der Waals surface area (Å²) in [6, 6.07) is 41.8. The quantitative estimate of drug-likeness (QED) is 0.0220. The number of ether oxygens (including phenoxy) is 2. The van der Waals surface area contributed by atoms with Crippen molar-refractivity contribution in [3.05, 3.63) is 195 Å². The highest BCUT2D eigenvalue weighted by atomic mass is 35.5. The van der Waals surface area contributed by atoms with Gasteiger partial charge in [-0.15, -0.1) is 0 Å². The molecule has 492 valence electrons. The van der Waals surface area contributed by atoms with E-state index in [2.05, 4.69) is 35.3 Å². The Bertz CT molecular complexity index is 4360. The molecule has 8 aromatic rings. The van der Waals surface area contributed by atoms with Crippen LogP contribution >= 0.6 is 46.3 Å². The molecule has 0 bridgehead atoms. The molecule has 0 atom stereocenters. The highest BCUT2D eigenvalue weighted by Gasteiger charge is 2.31. The summed E-state index contributed by atoms with van der Waals surface area (Å²) >= 11 is 14.8. The molecule has 19 nitrogen and oxygen atoms in total. The van der Waals surface area contributed by atoms with Gasteiger partial charge in [-0.3, -0.25) is 14.1 Å². The average Bonchev–Trinajstić information content (AvgIpc) is 1.56. The number of halogens is 2. The minimum absolute atomic E-state index is 0.119. The Morgan fingerprint density at radius 1 is 0.739 bits per heavy atom. The second-order valence-electron chi connectivity index (χ2n) is 20.9. The lowest BCUT2D eigenvalue weighted by atomic mass is 9.94. The third-order valence-corrected chi connectivity index (χ3v) is 19.8. The average molecular weight is 1410 g/mol. The molecule has 2 aliphatic rings.